The van der Waals surface area contributed by atoms with Crippen LogP contribution in [0.15, 0.2) is 48.5 Å². The van der Waals surface area contributed by atoms with E-state index in [1.165, 1.54) is 32.1 Å². The molecule has 27 heavy (non-hydrogen) atoms. The SMILES string of the molecule is Cc1cccc(OCC(=O)Nc2ccccc2CN(C)C2CCCCC2)c1. The molecule has 4 nitrogen and oxygen atoms in total. The molecule has 0 atom stereocenters. The van der Waals surface area contributed by atoms with E-state index in [0.29, 0.717) is 6.04 Å². The first-order valence-corrected chi connectivity index (χ1v) is 9.89. The van der Waals surface area contributed by atoms with Crippen molar-refractivity contribution in [2.75, 3.05) is 19.0 Å². The summed E-state index contributed by atoms with van der Waals surface area (Å²) < 4.78 is 5.61. The van der Waals surface area contributed by atoms with E-state index in [-0.39, 0.29) is 12.5 Å². The third-order valence-corrected chi connectivity index (χ3v) is 5.27. The van der Waals surface area contributed by atoms with Crippen LogP contribution < -0.4 is 10.1 Å². The van der Waals surface area contributed by atoms with Crippen molar-refractivity contribution in [3.05, 3.63) is 59.7 Å². The molecule has 1 fully saturated rings. The van der Waals surface area contributed by atoms with Crippen molar-refractivity contribution >= 4 is 11.6 Å². The number of carbonyl (C=O) groups is 1. The van der Waals surface area contributed by atoms with Gasteiger partial charge in [0, 0.05) is 18.3 Å². The Hall–Kier alpha value is -2.33. The Bertz CT molecular complexity index is 754. The van der Waals surface area contributed by atoms with Crippen LogP contribution in [0.4, 0.5) is 5.69 Å². The van der Waals surface area contributed by atoms with Gasteiger partial charge in [0.05, 0.1) is 0 Å². The molecule has 3 rings (SSSR count). The van der Waals surface area contributed by atoms with Crippen molar-refractivity contribution in [3.63, 3.8) is 0 Å². The van der Waals surface area contributed by atoms with Crippen LogP contribution in [0.3, 0.4) is 0 Å². The molecule has 2 aromatic rings. The number of para-hydroxylation sites is 1. The molecular weight excluding hydrogens is 336 g/mol. The fourth-order valence-corrected chi connectivity index (χ4v) is 3.74. The predicted octanol–water partition coefficient (Wildman–Crippen LogP) is 4.78. The molecule has 1 saturated carbocycles. The molecule has 0 saturated heterocycles. The van der Waals surface area contributed by atoms with Gasteiger partial charge < -0.3 is 10.1 Å². The van der Waals surface area contributed by atoms with Crippen molar-refractivity contribution in [1.82, 2.24) is 4.90 Å². The summed E-state index contributed by atoms with van der Waals surface area (Å²) in [6.45, 7) is 2.86. The number of anilines is 1. The highest BCUT2D eigenvalue weighted by Gasteiger charge is 2.19. The minimum Gasteiger partial charge on any atom is -0.484 e. The Balaban J connectivity index is 1.57. The van der Waals surface area contributed by atoms with E-state index in [4.69, 9.17) is 4.74 Å². The molecule has 1 N–H and O–H groups in total. The number of benzene rings is 2. The monoisotopic (exact) mass is 366 g/mol. The van der Waals surface area contributed by atoms with Gasteiger partial charge in [0.25, 0.3) is 5.91 Å². The molecule has 0 spiro atoms. The standard InChI is InChI=1S/C23H30N2O2/c1-18-9-8-13-21(15-18)27-17-23(26)24-22-14-7-6-10-19(22)16-25(2)20-11-4-3-5-12-20/h6-10,13-15,20H,3-5,11-12,16-17H2,1-2H3,(H,24,26). The highest BCUT2D eigenvalue weighted by molar-refractivity contribution is 5.92. The van der Waals surface area contributed by atoms with Crippen LogP contribution in [-0.2, 0) is 11.3 Å². The number of rotatable bonds is 7. The van der Waals surface area contributed by atoms with Gasteiger partial charge in [-0.15, -0.1) is 0 Å². The summed E-state index contributed by atoms with van der Waals surface area (Å²) in [5, 5.41) is 3.01. The van der Waals surface area contributed by atoms with Crippen molar-refractivity contribution in [3.8, 4) is 5.75 Å². The van der Waals surface area contributed by atoms with Gasteiger partial charge in [-0.1, -0.05) is 49.6 Å². The molecule has 2 aromatic carbocycles. The highest BCUT2D eigenvalue weighted by Crippen LogP contribution is 2.25. The number of hydrogen-bond acceptors (Lipinski definition) is 3. The molecule has 1 aliphatic carbocycles. The third-order valence-electron chi connectivity index (χ3n) is 5.27. The van der Waals surface area contributed by atoms with Crippen LogP contribution >= 0.6 is 0 Å². The Morgan fingerprint density at radius 2 is 1.89 bits per heavy atom. The first kappa shape index (κ1) is 19.4. The van der Waals surface area contributed by atoms with Gasteiger partial charge in [0.2, 0.25) is 0 Å². The Morgan fingerprint density at radius 3 is 2.67 bits per heavy atom. The van der Waals surface area contributed by atoms with Crippen LogP contribution in [0.2, 0.25) is 0 Å². The molecule has 0 aliphatic heterocycles. The van der Waals surface area contributed by atoms with Gasteiger partial charge in [-0.05, 0) is 56.1 Å². The second-order valence-electron chi connectivity index (χ2n) is 7.52. The van der Waals surface area contributed by atoms with E-state index in [0.717, 1.165) is 29.1 Å². The van der Waals surface area contributed by atoms with E-state index in [9.17, 15) is 4.79 Å². The van der Waals surface area contributed by atoms with E-state index >= 15 is 0 Å². The Morgan fingerprint density at radius 1 is 1.11 bits per heavy atom. The maximum Gasteiger partial charge on any atom is 0.262 e. The van der Waals surface area contributed by atoms with Crippen LogP contribution in [0.1, 0.15) is 43.2 Å². The van der Waals surface area contributed by atoms with Crippen molar-refractivity contribution in [1.29, 1.82) is 0 Å². The van der Waals surface area contributed by atoms with Crippen molar-refractivity contribution in [2.45, 2.75) is 51.6 Å². The molecule has 1 amide bonds. The fraction of sp³-hybridized carbons (Fsp3) is 0.435. The average molecular weight is 367 g/mol. The van der Waals surface area contributed by atoms with Gasteiger partial charge in [-0.25, -0.2) is 0 Å². The lowest BCUT2D eigenvalue weighted by atomic mass is 9.94. The van der Waals surface area contributed by atoms with E-state index in [1.807, 2.05) is 49.4 Å². The van der Waals surface area contributed by atoms with Crippen molar-refractivity contribution < 1.29 is 9.53 Å². The average Bonchev–Trinajstić information content (AvgIpc) is 2.69. The van der Waals surface area contributed by atoms with Gasteiger partial charge in [-0.3, -0.25) is 9.69 Å². The first-order valence-electron chi connectivity index (χ1n) is 9.89. The molecule has 4 heteroatoms. The lowest BCUT2D eigenvalue weighted by molar-refractivity contribution is -0.118. The number of ether oxygens (including phenoxy) is 1. The number of amides is 1. The van der Waals surface area contributed by atoms with Gasteiger partial charge in [0.1, 0.15) is 5.75 Å². The summed E-state index contributed by atoms with van der Waals surface area (Å²) in [5.74, 6) is 0.583. The van der Waals surface area contributed by atoms with Gasteiger partial charge in [0.15, 0.2) is 6.61 Å². The summed E-state index contributed by atoms with van der Waals surface area (Å²) in [6, 6.07) is 16.4. The minimum absolute atomic E-state index is 0.0102. The second kappa shape index (κ2) is 9.56. The largest absolute Gasteiger partial charge is 0.484 e. The molecule has 144 valence electrons. The number of carbonyl (C=O) groups excluding carboxylic acids is 1. The summed E-state index contributed by atoms with van der Waals surface area (Å²) >= 11 is 0. The summed E-state index contributed by atoms with van der Waals surface area (Å²) in [7, 11) is 2.19. The normalized spacial score (nSPS) is 14.9. The Labute approximate surface area is 162 Å². The molecule has 0 bridgehead atoms. The van der Waals surface area contributed by atoms with Crippen LogP contribution in [0, 0.1) is 6.92 Å². The molecule has 0 radical (unpaired) electrons. The lowest BCUT2D eigenvalue weighted by Gasteiger charge is -2.31. The zero-order chi connectivity index (χ0) is 19.1. The number of hydrogen-bond donors (Lipinski definition) is 1. The fourth-order valence-electron chi connectivity index (χ4n) is 3.74. The Kier molecular flexibility index (Phi) is 6.88. The molecule has 0 heterocycles. The first-order chi connectivity index (χ1) is 13.1. The van der Waals surface area contributed by atoms with Crippen molar-refractivity contribution in [2.24, 2.45) is 0 Å². The minimum atomic E-state index is -0.135. The van der Waals surface area contributed by atoms with Gasteiger partial charge in [-0.2, -0.15) is 0 Å². The van der Waals surface area contributed by atoms with E-state index < -0.39 is 0 Å². The van der Waals surface area contributed by atoms with Gasteiger partial charge >= 0.3 is 0 Å². The maximum absolute atomic E-state index is 12.4. The van der Waals surface area contributed by atoms with Crippen LogP contribution in [0.5, 0.6) is 5.75 Å². The zero-order valence-corrected chi connectivity index (χ0v) is 16.4. The number of nitrogens with zero attached hydrogens (tertiary/aromatic N) is 1. The zero-order valence-electron chi connectivity index (χ0n) is 16.4. The van der Waals surface area contributed by atoms with Crippen LogP contribution in [0.25, 0.3) is 0 Å². The lowest BCUT2D eigenvalue weighted by Crippen LogP contribution is -2.33. The summed E-state index contributed by atoms with van der Waals surface area (Å²) in [6.07, 6.45) is 6.55. The predicted molar refractivity (Wildman–Crippen MR) is 110 cm³/mol. The van der Waals surface area contributed by atoms with E-state index in [2.05, 4.69) is 23.3 Å². The quantitative estimate of drug-likeness (QED) is 0.767. The topological polar surface area (TPSA) is 41.6 Å². The molecule has 1 aliphatic rings. The summed E-state index contributed by atoms with van der Waals surface area (Å²) in [4.78, 5) is 14.8. The van der Waals surface area contributed by atoms with Crippen LogP contribution in [-0.4, -0.2) is 30.5 Å². The maximum atomic E-state index is 12.4. The third kappa shape index (κ3) is 5.83. The molecule has 0 unspecified atom stereocenters. The molecule has 0 aromatic heterocycles. The number of nitrogens with one attached hydrogen (secondary N) is 1. The van der Waals surface area contributed by atoms with E-state index in [1.54, 1.807) is 0 Å². The molecular formula is C23H30N2O2. The highest BCUT2D eigenvalue weighted by atomic mass is 16.5. The second-order valence-corrected chi connectivity index (χ2v) is 7.52. The smallest absolute Gasteiger partial charge is 0.262 e. The summed E-state index contributed by atoms with van der Waals surface area (Å²) in [5.41, 5.74) is 3.14. The number of aryl methyl sites for hydroxylation is 1.